The van der Waals surface area contributed by atoms with E-state index >= 15 is 0 Å². The maximum absolute atomic E-state index is 12.0. The van der Waals surface area contributed by atoms with Gasteiger partial charge in [0.25, 0.3) is 0 Å². The minimum atomic E-state index is -3.25. The molecule has 0 spiro atoms. The fourth-order valence-electron chi connectivity index (χ4n) is 5.66. The smallest absolute Gasteiger partial charge is 0.380 e. The number of anilines is 1. The lowest BCUT2D eigenvalue weighted by Crippen LogP contribution is -2.32. The Morgan fingerprint density at radius 2 is 1.21 bits per heavy atom. The normalized spacial score (nSPS) is 21.8. The standard InChI is InChI=1S/C14H29O4P.C8H16O2.C7H10N2.C5H11NO.C4H9Cl2O2P.2CH4/c1-4-5-10-17-19(3,15)18-12-14-8-6-13(7-9-14)11-16-2;9-5-7-1-2-8(6-10)4-3-7;1-9(2)7-3-5-8-6-4-7;1-6-2-4-7-5-3-6;1-2-3-4-8-9(5,6)7;;/h13-14H,4-12H2,1-3H3;7-10H,1-6H2;3-6H,1-2H3;2-5H2,1H3;2-4H2,1H3;2*1H4. The number of halogens is 2. The van der Waals surface area contributed by atoms with Crippen LogP contribution in [0.15, 0.2) is 24.5 Å². The summed E-state index contributed by atoms with van der Waals surface area (Å²) in [4.78, 5) is 8.21. The van der Waals surface area contributed by atoms with E-state index in [2.05, 4.69) is 28.4 Å². The van der Waals surface area contributed by atoms with Crippen molar-refractivity contribution in [2.45, 2.75) is 106 Å². The summed E-state index contributed by atoms with van der Waals surface area (Å²) >= 11 is 10.1. The number of aliphatic hydroxyl groups is 2. The van der Waals surface area contributed by atoms with Crippen LogP contribution < -0.4 is 4.90 Å². The zero-order valence-corrected chi connectivity index (χ0v) is 37.7. The zero-order valence-electron chi connectivity index (χ0n) is 34.4. The quantitative estimate of drug-likeness (QED) is 0.121. The first-order valence-electron chi connectivity index (χ1n) is 19.7. The van der Waals surface area contributed by atoms with Crippen molar-refractivity contribution in [1.29, 1.82) is 0 Å². The second-order valence-corrected chi connectivity index (χ2v) is 20.8. The number of ether oxygens (including phenoxy) is 2. The van der Waals surface area contributed by atoms with Crippen LogP contribution in [0.1, 0.15) is 106 Å². The van der Waals surface area contributed by atoms with Crippen LogP contribution in [0.5, 0.6) is 0 Å². The molecule has 56 heavy (non-hydrogen) atoms. The van der Waals surface area contributed by atoms with Crippen molar-refractivity contribution in [3.8, 4) is 0 Å². The van der Waals surface area contributed by atoms with Crippen LogP contribution in [-0.4, -0.2) is 121 Å². The van der Waals surface area contributed by atoms with Crippen LogP contribution in [0.2, 0.25) is 0 Å². The fraction of sp³-hybridized carbons (Fsp3) is 0.875. The number of unbranched alkanes of at least 4 members (excludes halogenated alkanes) is 2. The van der Waals surface area contributed by atoms with Crippen molar-refractivity contribution >= 4 is 41.8 Å². The van der Waals surface area contributed by atoms with Gasteiger partial charge in [-0.25, -0.2) is 0 Å². The van der Waals surface area contributed by atoms with E-state index in [1.807, 2.05) is 38.1 Å². The number of hydrogen-bond donors (Lipinski definition) is 2. The fourth-order valence-corrected chi connectivity index (χ4v) is 7.43. The Kier molecular flexibility index (Phi) is 40.3. The van der Waals surface area contributed by atoms with Crippen molar-refractivity contribution in [1.82, 2.24) is 9.88 Å². The molecule has 2 heterocycles. The number of methoxy groups -OCH3 is 1. The predicted molar refractivity (Wildman–Crippen MR) is 238 cm³/mol. The van der Waals surface area contributed by atoms with E-state index in [4.69, 9.17) is 51.2 Å². The molecule has 0 radical (unpaired) electrons. The summed E-state index contributed by atoms with van der Waals surface area (Å²) in [6.07, 6.45) is 13.2. The maximum Gasteiger partial charge on any atom is 0.380 e. The number of rotatable bonds is 16. The first-order chi connectivity index (χ1) is 25.7. The van der Waals surface area contributed by atoms with Gasteiger partial charge in [0.2, 0.25) is 0 Å². The average Bonchev–Trinajstić information content (AvgIpc) is 3.16. The largest absolute Gasteiger partial charge is 0.396 e. The Labute approximate surface area is 352 Å². The highest BCUT2D eigenvalue weighted by Crippen LogP contribution is 2.57. The van der Waals surface area contributed by atoms with Crippen LogP contribution >= 0.6 is 36.2 Å². The Balaban J connectivity index is -0.000000655. The molecule has 3 aliphatic rings. The molecular formula is C40H83Cl2N3O9P2. The molecule has 16 heteroatoms. The summed E-state index contributed by atoms with van der Waals surface area (Å²) in [6.45, 7) is 12.7. The van der Waals surface area contributed by atoms with E-state index in [-0.39, 0.29) is 14.9 Å². The number of nitrogens with zero attached hydrogens (tertiary/aromatic N) is 3. The topological polar surface area (TPSA) is 140 Å². The number of aromatic nitrogens is 1. The van der Waals surface area contributed by atoms with Crippen molar-refractivity contribution in [2.24, 2.45) is 23.7 Å². The summed E-state index contributed by atoms with van der Waals surface area (Å²) in [5, 5.41) is 17.6. The first kappa shape index (κ1) is 60.0. The number of aliphatic hydroxyl groups excluding tert-OH is 2. The van der Waals surface area contributed by atoms with Gasteiger partial charge in [-0.1, -0.05) is 41.5 Å². The van der Waals surface area contributed by atoms with E-state index in [1.54, 1.807) is 26.2 Å². The zero-order chi connectivity index (χ0) is 40.7. The van der Waals surface area contributed by atoms with Gasteiger partial charge >= 0.3 is 13.7 Å². The van der Waals surface area contributed by atoms with E-state index in [1.165, 1.54) is 18.5 Å². The predicted octanol–water partition coefficient (Wildman–Crippen LogP) is 10.6. The molecule has 2 saturated carbocycles. The van der Waals surface area contributed by atoms with Crippen molar-refractivity contribution < 1.29 is 42.4 Å². The summed E-state index contributed by atoms with van der Waals surface area (Å²) in [6, 6.07) is 3.94. The molecule has 336 valence electrons. The molecule has 0 bridgehead atoms. The Bertz CT molecular complexity index is 1060. The van der Waals surface area contributed by atoms with E-state index < -0.39 is 13.7 Å². The maximum atomic E-state index is 12.0. The highest BCUT2D eigenvalue weighted by atomic mass is 35.9. The minimum absolute atomic E-state index is 0. The lowest BCUT2D eigenvalue weighted by Gasteiger charge is -2.28. The molecule has 12 nitrogen and oxygen atoms in total. The molecule has 1 aliphatic heterocycles. The van der Waals surface area contributed by atoms with Crippen molar-refractivity contribution in [3.05, 3.63) is 24.5 Å². The van der Waals surface area contributed by atoms with Gasteiger partial charge in [-0.15, -0.1) is 0 Å². The van der Waals surface area contributed by atoms with Gasteiger partial charge in [-0.2, -0.15) is 0 Å². The van der Waals surface area contributed by atoms with Crippen LogP contribution in [0.3, 0.4) is 0 Å². The van der Waals surface area contributed by atoms with Crippen LogP contribution in [0.25, 0.3) is 0 Å². The number of likely N-dealkylation sites (N-methyl/N-ethyl adjacent to an activating group) is 1. The van der Waals surface area contributed by atoms with Crippen LogP contribution in [-0.2, 0) is 32.2 Å². The van der Waals surface area contributed by atoms with Gasteiger partial charge < -0.3 is 43.1 Å². The Hall–Kier alpha value is -0.330. The monoisotopic (exact) mass is 881 g/mol. The molecule has 2 N–H and O–H groups in total. The molecule has 1 aromatic heterocycles. The van der Waals surface area contributed by atoms with Gasteiger partial charge in [0, 0.05) is 78.9 Å². The lowest BCUT2D eigenvalue weighted by molar-refractivity contribution is 0.0503. The SMILES string of the molecule is C.C.CCCCOP(=O)(Cl)Cl.CCCCOP(C)(=O)OCC1CCC(COC)CC1.CN(C)c1ccncc1.CN1CCOCC1.OCC1CCC(CO)CC1. The average molecular weight is 883 g/mol. The molecule has 1 atom stereocenters. The molecule has 0 amide bonds. The Morgan fingerprint density at radius 1 is 0.786 bits per heavy atom. The van der Waals surface area contributed by atoms with E-state index in [0.29, 0.717) is 56.7 Å². The molecule has 2 aliphatic carbocycles. The number of hydrogen-bond acceptors (Lipinski definition) is 12. The van der Waals surface area contributed by atoms with Gasteiger partial charge in [0.15, 0.2) is 0 Å². The third-order valence-electron chi connectivity index (χ3n) is 9.37. The van der Waals surface area contributed by atoms with Crippen molar-refractivity contribution in [2.75, 3.05) is 106 Å². The van der Waals surface area contributed by atoms with Crippen LogP contribution in [0, 0.1) is 23.7 Å². The Morgan fingerprint density at radius 3 is 1.55 bits per heavy atom. The second-order valence-electron chi connectivity index (χ2n) is 14.5. The van der Waals surface area contributed by atoms with Gasteiger partial charge in [-0.05, 0) is 130 Å². The highest BCUT2D eigenvalue weighted by Gasteiger charge is 2.25. The summed E-state index contributed by atoms with van der Waals surface area (Å²) in [5.41, 5.74) is 1.19. The third kappa shape index (κ3) is 35.6. The minimum Gasteiger partial charge on any atom is -0.396 e. The van der Waals surface area contributed by atoms with Gasteiger partial charge in [0.1, 0.15) is 0 Å². The van der Waals surface area contributed by atoms with Crippen molar-refractivity contribution in [3.63, 3.8) is 0 Å². The molecule has 1 saturated heterocycles. The summed E-state index contributed by atoms with van der Waals surface area (Å²) in [5.74, 6) is 2.25. The van der Waals surface area contributed by atoms with Crippen LogP contribution in [0.4, 0.5) is 5.69 Å². The van der Waals surface area contributed by atoms with Gasteiger partial charge in [-0.3, -0.25) is 14.1 Å². The lowest BCUT2D eigenvalue weighted by atomic mass is 9.83. The number of pyridine rings is 1. The number of morpholine rings is 1. The summed E-state index contributed by atoms with van der Waals surface area (Å²) < 4.78 is 48.1. The molecule has 1 aromatic rings. The molecular weight excluding hydrogens is 799 g/mol. The van der Waals surface area contributed by atoms with E-state index in [0.717, 1.165) is 97.1 Å². The summed E-state index contributed by atoms with van der Waals surface area (Å²) in [7, 11) is 5.05. The van der Waals surface area contributed by atoms with Gasteiger partial charge in [0.05, 0.1) is 33.0 Å². The van der Waals surface area contributed by atoms with E-state index in [9.17, 15) is 9.13 Å². The highest BCUT2D eigenvalue weighted by molar-refractivity contribution is 8.05. The molecule has 0 aromatic carbocycles. The molecule has 4 rings (SSSR count). The molecule has 3 fully saturated rings. The molecule has 1 unspecified atom stereocenters. The third-order valence-corrected chi connectivity index (χ3v) is 11.7. The second kappa shape index (κ2) is 37.7. The first-order valence-corrected chi connectivity index (χ1v) is 25.2.